The molecule has 0 radical (unpaired) electrons. The Morgan fingerprint density at radius 1 is 0.968 bits per heavy atom. The second-order valence-electron chi connectivity index (χ2n) is 7.53. The Bertz CT molecular complexity index is 1230. The van der Waals surface area contributed by atoms with Gasteiger partial charge in [-0.1, -0.05) is 23.4 Å². The van der Waals surface area contributed by atoms with Crippen molar-refractivity contribution >= 4 is 16.7 Å². The first-order valence-corrected chi connectivity index (χ1v) is 10.1. The van der Waals surface area contributed by atoms with Crippen molar-refractivity contribution in [3.8, 4) is 22.6 Å². The fraction of sp³-hybridized carbons (Fsp3) is 0.292. The number of aromatic nitrogens is 3. The summed E-state index contributed by atoms with van der Waals surface area (Å²) in [6, 6.07) is 12.2. The van der Waals surface area contributed by atoms with E-state index in [1.54, 1.807) is 14.2 Å². The molecule has 1 unspecified atom stereocenters. The molecular formula is C24H26N4O3. The predicted molar refractivity (Wildman–Crippen MR) is 121 cm³/mol. The van der Waals surface area contributed by atoms with E-state index < -0.39 is 0 Å². The van der Waals surface area contributed by atoms with Crippen LogP contribution in [-0.2, 0) is 0 Å². The second kappa shape index (κ2) is 8.26. The maximum Gasteiger partial charge on any atom is 0.162 e. The summed E-state index contributed by atoms with van der Waals surface area (Å²) in [5, 5.41) is 8.50. The first-order chi connectivity index (χ1) is 14.9. The zero-order valence-corrected chi connectivity index (χ0v) is 18.6. The molecule has 7 heteroatoms. The van der Waals surface area contributed by atoms with Gasteiger partial charge in [0, 0.05) is 23.1 Å². The van der Waals surface area contributed by atoms with E-state index in [1.165, 1.54) is 0 Å². The van der Waals surface area contributed by atoms with Gasteiger partial charge < -0.3 is 19.3 Å². The molecule has 0 bridgehead atoms. The molecule has 7 nitrogen and oxygen atoms in total. The van der Waals surface area contributed by atoms with Crippen LogP contribution >= 0.6 is 0 Å². The van der Waals surface area contributed by atoms with Gasteiger partial charge in [-0.3, -0.25) is 0 Å². The summed E-state index contributed by atoms with van der Waals surface area (Å²) < 4.78 is 16.2. The van der Waals surface area contributed by atoms with Crippen LogP contribution in [0.25, 0.3) is 22.0 Å². The number of nitrogens with one attached hydrogen (secondary N) is 1. The summed E-state index contributed by atoms with van der Waals surface area (Å²) in [5.74, 6) is 3.52. The molecule has 2 aromatic carbocycles. The SMILES string of the molecule is COc1cc2nc(C)nc(NC(C)c3cccc(-c4c(C)noc4C)c3)c2cc1OC. The van der Waals surface area contributed by atoms with Gasteiger partial charge in [0.25, 0.3) is 0 Å². The molecule has 0 spiro atoms. The Hall–Kier alpha value is -3.61. The highest BCUT2D eigenvalue weighted by atomic mass is 16.5. The van der Waals surface area contributed by atoms with E-state index in [4.69, 9.17) is 14.0 Å². The summed E-state index contributed by atoms with van der Waals surface area (Å²) in [4.78, 5) is 9.22. The molecular weight excluding hydrogens is 392 g/mol. The van der Waals surface area contributed by atoms with E-state index in [2.05, 4.69) is 45.6 Å². The van der Waals surface area contributed by atoms with Crippen molar-refractivity contribution < 1.29 is 14.0 Å². The number of rotatable bonds is 6. The van der Waals surface area contributed by atoms with Crippen LogP contribution in [-0.4, -0.2) is 29.3 Å². The van der Waals surface area contributed by atoms with Crippen molar-refractivity contribution in [2.24, 2.45) is 0 Å². The predicted octanol–water partition coefficient (Wildman–Crippen LogP) is 5.40. The standard InChI is InChI=1S/C24H26N4O3/c1-13(17-8-7-9-18(10-17)23-14(2)28-31-15(23)3)25-24-19-11-21(29-5)22(30-6)12-20(19)26-16(4)27-24/h7-13H,1-6H3,(H,25,26,27). The molecule has 4 aromatic rings. The molecule has 0 amide bonds. The summed E-state index contributed by atoms with van der Waals surface area (Å²) in [6.07, 6.45) is 0. The molecule has 0 aliphatic rings. The van der Waals surface area contributed by atoms with Gasteiger partial charge in [0.15, 0.2) is 11.5 Å². The Morgan fingerprint density at radius 2 is 1.71 bits per heavy atom. The fourth-order valence-electron chi connectivity index (χ4n) is 3.83. The van der Waals surface area contributed by atoms with Gasteiger partial charge in [-0.15, -0.1) is 0 Å². The average molecular weight is 418 g/mol. The lowest BCUT2D eigenvalue weighted by Crippen LogP contribution is -2.10. The van der Waals surface area contributed by atoms with Gasteiger partial charge >= 0.3 is 0 Å². The van der Waals surface area contributed by atoms with Crippen LogP contribution in [0.5, 0.6) is 11.5 Å². The largest absolute Gasteiger partial charge is 0.493 e. The topological polar surface area (TPSA) is 82.3 Å². The molecule has 2 aromatic heterocycles. The zero-order chi connectivity index (χ0) is 22.1. The summed E-state index contributed by atoms with van der Waals surface area (Å²) in [5.41, 5.74) is 4.92. The highest BCUT2D eigenvalue weighted by Gasteiger charge is 2.16. The van der Waals surface area contributed by atoms with Crippen molar-refractivity contribution in [3.63, 3.8) is 0 Å². The lowest BCUT2D eigenvalue weighted by atomic mass is 9.99. The second-order valence-corrected chi connectivity index (χ2v) is 7.53. The minimum absolute atomic E-state index is 0.00557. The molecule has 0 aliphatic heterocycles. The van der Waals surface area contributed by atoms with Crippen molar-refractivity contribution in [2.45, 2.75) is 33.7 Å². The molecule has 0 fully saturated rings. The average Bonchev–Trinajstić information content (AvgIpc) is 3.10. The number of anilines is 1. The molecule has 1 atom stereocenters. The number of hydrogen-bond donors (Lipinski definition) is 1. The van der Waals surface area contributed by atoms with Crippen LogP contribution in [0.4, 0.5) is 5.82 Å². The molecule has 0 aliphatic carbocycles. The number of aryl methyl sites for hydroxylation is 3. The lowest BCUT2D eigenvalue weighted by molar-refractivity contribution is 0.356. The van der Waals surface area contributed by atoms with Crippen LogP contribution < -0.4 is 14.8 Å². The summed E-state index contributed by atoms with van der Waals surface area (Å²) in [7, 11) is 3.24. The van der Waals surface area contributed by atoms with Crippen molar-refractivity contribution in [1.29, 1.82) is 0 Å². The van der Waals surface area contributed by atoms with Gasteiger partial charge in [0.2, 0.25) is 0 Å². The molecule has 31 heavy (non-hydrogen) atoms. The van der Waals surface area contributed by atoms with Gasteiger partial charge in [-0.25, -0.2) is 9.97 Å². The van der Waals surface area contributed by atoms with Crippen molar-refractivity contribution in [2.75, 3.05) is 19.5 Å². The smallest absolute Gasteiger partial charge is 0.162 e. The number of ether oxygens (including phenoxy) is 2. The number of fused-ring (bicyclic) bond motifs is 1. The molecule has 160 valence electrons. The van der Waals surface area contributed by atoms with E-state index in [-0.39, 0.29) is 6.04 Å². The van der Waals surface area contributed by atoms with E-state index in [9.17, 15) is 0 Å². The molecule has 4 rings (SSSR count). The maximum atomic E-state index is 5.48. The first-order valence-electron chi connectivity index (χ1n) is 10.1. The van der Waals surface area contributed by atoms with E-state index in [0.717, 1.165) is 44.9 Å². The number of hydrogen-bond acceptors (Lipinski definition) is 7. The quantitative estimate of drug-likeness (QED) is 0.449. The van der Waals surface area contributed by atoms with E-state index >= 15 is 0 Å². The maximum absolute atomic E-state index is 5.48. The Kier molecular flexibility index (Phi) is 5.50. The number of nitrogens with zero attached hydrogens (tertiary/aromatic N) is 3. The Morgan fingerprint density at radius 3 is 2.39 bits per heavy atom. The van der Waals surface area contributed by atoms with Crippen molar-refractivity contribution in [3.05, 3.63) is 59.2 Å². The molecule has 0 saturated heterocycles. The van der Waals surface area contributed by atoms with Crippen LogP contribution in [0.15, 0.2) is 40.9 Å². The van der Waals surface area contributed by atoms with Gasteiger partial charge in [0.1, 0.15) is 17.4 Å². The third-order valence-corrected chi connectivity index (χ3v) is 5.37. The first kappa shape index (κ1) is 20.7. The van der Waals surface area contributed by atoms with Crippen LogP contribution in [0.2, 0.25) is 0 Å². The third kappa shape index (κ3) is 3.91. The van der Waals surface area contributed by atoms with E-state index in [1.807, 2.05) is 39.0 Å². The fourth-order valence-corrected chi connectivity index (χ4v) is 3.83. The molecule has 0 saturated carbocycles. The van der Waals surface area contributed by atoms with E-state index in [0.29, 0.717) is 17.3 Å². The molecule has 2 heterocycles. The van der Waals surface area contributed by atoms with Gasteiger partial charge in [-0.2, -0.15) is 0 Å². The zero-order valence-electron chi connectivity index (χ0n) is 18.6. The molecule has 1 N–H and O–H groups in total. The van der Waals surface area contributed by atoms with Gasteiger partial charge in [0.05, 0.1) is 25.4 Å². The van der Waals surface area contributed by atoms with Crippen LogP contribution in [0, 0.1) is 20.8 Å². The normalized spacial score (nSPS) is 12.1. The third-order valence-electron chi connectivity index (χ3n) is 5.37. The van der Waals surface area contributed by atoms with Crippen LogP contribution in [0.3, 0.4) is 0 Å². The lowest BCUT2D eigenvalue weighted by Gasteiger charge is -2.18. The minimum atomic E-state index is 0.00557. The summed E-state index contributed by atoms with van der Waals surface area (Å²) >= 11 is 0. The van der Waals surface area contributed by atoms with Gasteiger partial charge in [-0.05, 0) is 51.0 Å². The van der Waals surface area contributed by atoms with Crippen molar-refractivity contribution in [1.82, 2.24) is 15.1 Å². The highest BCUT2D eigenvalue weighted by molar-refractivity contribution is 5.92. The Balaban J connectivity index is 1.72. The number of benzene rings is 2. The summed E-state index contributed by atoms with van der Waals surface area (Å²) in [6.45, 7) is 7.87. The highest BCUT2D eigenvalue weighted by Crippen LogP contribution is 2.35. The Labute approximate surface area is 181 Å². The van der Waals surface area contributed by atoms with Crippen LogP contribution in [0.1, 0.15) is 35.8 Å². The number of methoxy groups -OCH3 is 2. The minimum Gasteiger partial charge on any atom is -0.493 e. The monoisotopic (exact) mass is 418 g/mol.